The molecule has 1 fully saturated rings. The molecule has 0 saturated heterocycles. The molecule has 202 valence electrons. The summed E-state index contributed by atoms with van der Waals surface area (Å²) in [6.07, 6.45) is 11.1. The first-order valence-corrected chi connectivity index (χ1v) is 12.9. The first-order chi connectivity index (χ1) is 17.9. The van der Waals surface area contributed by atoms with Gasteiger partial charge in [0, 0.05) is 52.4 Å². The lowest BCUT2D eigenvalue weighted by Crippen LogP contribution is -2.45. The Morgan fingerprint density at radius 1 is 1.24 bits per heavy atom. The average Bonchev–Trinajstić information content (AvgIpc) is 3.36. The third-order valence-electron chi connectivity index (χ3n) is 6.94. The number of aliphatic hydroxyl groups excluding tert-OH is 1. The molecule has 0 unspecified atom stereocenters. The minimum absolute atomic E-state index is 0.00316. The number of nitrogens with one attached hydrogen (secondary N) is 3. The van der Waals surface area contributed by atoms with E-state index in [9.17, 15) is 20.2 Å². The van der Waals surface area contributed by atoms with E-state index < -0.39 is 11.5 Å². The predicted molar refractivity (Wildman–Crippen MR) is 142 cm³/mol. The van der Waals surface area contributed by atoms with Crippen molar-refractivity contribution in [2.45, 2.75) is 77.0 Å². The SMILES string of the molecule is CC(C)c1cccc(C(=O)NC2=C/C(=C/N[C@H]3CC[C@H](O)CC3)C(=N)C=C2n2cc(C(C)(C)O)cn2)[n+]1O. The molecule has 0 aliphatic heterocycles. The summed E-state index contributed by atoms with van der Waals surface area (Å²) >= 11 is 0. The molecule has 2 aromatic heterocycles. The summed E-state index contributed by atoms with van der Waals surface area (Å²) < 4.78 is 2.41. The molecule has 6 N–H and O–H groups in total. The van der Waals surface area contributed by atoms with Crippen LogP contribution in [0.25, 0.3) is 5.70 Å². The molecule has 0 aromatic carbocycles. The quantitative estimate of drug-likeness (QED) is 0.244. The Balaban J connectivity index is 1.67. The van der Waals surface area contributed by atoms with E-state index in [1.54, 1.807) is 56.7 Å². The second-order valence-corrected chi connectivity index (χ2v) is 10.8. The van der Waals surface area contributed by atoms with Crippen LogP contribution in [0.3, 0.4) is 0 Å². The standard InChI is InChI=1S/C28H36N6O4/c1-17(2)24-6-5-7-25(34(24)38)27(36)32-23-12-18(14-30-20-8-10-21(35)11-9-20)22(29)13-26(23)33-16-19(15-31-33)28(3,4)37/h5-7,12-17,20-21,29,35-38H,8-11H2,1-4H3/p+1/t20-,21-. The van der Waals surface area contributed by atoms with E-state index in [1.165, 1.54) is 10.7 Å². The molecule has 0 bridgehead atoms. The lowest BCUT2D eigenvalue weighted by molar-refractivity contribution is -0.911. The van der Waals surface area contributed by atoms with Crippen LogP contribution in [-0.2, 0) is 5.60 Å². The Bertz CT molecular complexity index is 1310. The van der Waals surface area contributed by atoms with Gasteiger partial charge in [-0.05, 0) is 57.7 Å². The van der Waals surface area contributed by atoms with Crippen LogP contribution in [0.1, 0.15) is 81.0 Å². The van der Waals surface area contributed by atoms with Crippen LogP contribution in [0.15, 0.2) is 60.2 Å². The Morgan fingerprint density at radius 3 is 2.58 bits per heavy atom. The van der Waals surface area contributed by atoms with Crippen LogP contribution in [0.5, 0.6) is 0 Å². The zero-order valence-corrected chi connectivity index (χ0v) is 22.3. The van der Waals surface area contributed by atoms with E-state index in [1.807, 2.05) is 13.8 Å². The summed E-state index contributed by atoms with van der Waals surface area (Å²) in [5.41, 5.74) is 1.75. The number of amides is 1. The summed E-state index contributed by atoms with van der Waals surface area (Å²) in [5, 5.41) is 50.1. The maximum absolute atomic E-state index is 13.3. The Hall–Kier alpha value is -3.76. The van der Waals surface area contributed by atoms with Crippen molar-refractivity contribution in [2.24, 2.45) is 0 Å². The molecule has 0 radical (unpaired) electrons. The molecular weight excluding hydrogens is 484 g/mol. The largest absolute Gasteiger partial charge is 0.393 e. The van der Waals surface area contributed by atoms with Gasteiger partial charge in [0.15, 0.2) is 0 Å². The third kappa shape index (κ3) is 6.03. The van der Waals surface area contributed by atoms with E-state index >= 15 is 0 Å². The van der Waals surface area contributed by atoms with Crippen LogP contribution in [0.2, 0.25) is 0 Å². The van der Waals surface area contributed by atoms with Crippen LogP contribution < -0.4 is 15.4 Å². The monoisotopic (exact) mass is 521 g/mol. The van der Waals surface area contributed by atoms with Crippen LogP contribution in [0, 0.1) is 5.41 Å². The highest BCUT2D eigenvalue weighted by Gasteiger charge is 2.29. The second kappa shape index (κ2) is 10.9. The van der Waals surface area contributed by atoms with E-state index in [4.69, 9.17) is 5.41 Å². The summed E-state index contributed by atoms with van der Waals surface area (Å²) in [5.74, 6) is -0.521. The molecule has 1 amide bonds. The summed E-state index contributed by atoms with van der Waals surface area (Å²) in [6, 6.07) is 5.21. The van der Waals surface area contributed by atoms with Gasteiger partial charge in [-0.3, -0.25) is 10.0 Å². The number of aliphatic hydroxyl groups is 2. The molecule has 10 nitrogen and oxygen atoms in total. The fraction of sp³-hybridized carbons (Fsp3) is 0.429. The molecule has 2 aromatic rings. The van der Waals surface area contributed by atoms with Gasteiger partial charge in [0.25, 0.3) is 0 Å². The first kappa shape index (κ1) is 27.3. The van der Waals surface area contributed by atoms with Crippen molar-refractivity contribution in [2.75, 3.05) is 0 Å². The van der Waals surface area contributed by atoms with E-state index in [0.29, 0.717) is 28.2 Å². The highest BCUT2D eigenvalue weighted by atomic mass is 16.5. The minimum atomic E-state index is -1.11. The number of hydrogen-bond donors (Lipinski definition) is 6. The van der Waals surface area contributed by atoms with E-state index in [0.717, 1.165) is 30.4 Å². The third-order valence-corrected chi connectivity index (χ3v) is 6.94. The molecular formula is C28H37N6O4+. The number of pyridine rings is 1. The van der Waals surface area contributed by atoms with Crippen molar-refractivity contribution < 1.29 is 24.9 Å². The molecule has 0 atom stereocenters. The maximum Gasteiger partial charge on any atom is 0.325 e. The van der Waals surface area contributed by atoms with Crippen LogP contribution in [-0.4, -0.2) is 49.0 Å². The summed E-state index contributed by atoms with van der Waals surface area (Å²) in [4.78, 5) is 13.3. The Labute approximate surface area is 222 Å². The average molecular weight is 522 g/mol. The van der Waals surface area contributed by atoms with Crippen molar-refractivity contribution in [1.82, 2.24) is 20.4 Å². The topological polar surface area (TPSA) is 147 Å². The van der Waals surface area contributed by atoms with Crippen molar-refractivity contribution in [3.05, 3.63) is 77.2 Å². The van der Waals surface area contributed by atoms with Gasteiger partial charge in [0.1, 0.15) is 0 Å². The number of carbonyl (C=O) groups excluding carboxylic acids is 1. The normalized spacial score (nSPS) is 21.3. The van der Waals surface area contributed by atoms with E-state index in [2.05, 4.69) is 15.7 Å². The summed E-state index contributed by atoms with van der Waals surface area (Å²) in [6.45, 7) is 7.16. The Kier molecular flexibility index (Phi) is 7.84. The maximum atomic E-state index is 13.3. The van der Waals surface area contributed by atoms with Gasteiger partial charge >= 0.3 is 11.6 Å². The van der Waals surface area contributed by atoms with Gasteiger partial charge in [-0.15, -0.1) is 0 Å². The lowest BCUT2D eigenvalue weighted by atomic mass is 9.93. The minimum Gasteiger partial charge on any atom is -0.393 e. The molecule has 38 heavy (non-hydrogen) atoms. The van der Waals surface area contributed by atoms with Gasteiger partial charge in [-0.2, -0.15) is 5.10 Å². The molecule has 2 heterocycles. The van der Waals surface area contributed by atoms with Crippen molar-refractivity contribution >= 4 is 17.3 Å². The highest BCUT2D eigenvalue weighted by molar-refractivity contribution is 6.14. The predicted octanol–water partition coefficient (Wildman–Crippen LogP) is 2.72. The molecule has 4 rings (SSSR count). The molecule has 10 heteroatoms. The highest BCUT2D eigenvalue weighted by Crippen LogP contribution is 2.26. The van der Waals surface area contributed by atoms with Gasteiger partial charge in [0.05, 0.1) is 35.0 Å². The molecule has 1 saturated carbocycles. The number of carbonyl (C=O) groups is 1. The molecule has 2 aliphatic rings. The van der Waals surface area contributed by atoms with Crippen LogP contribution >= 0.6 is 0 Å². The lowest BCUT2D eigenvalue weighted by Gasteiger charge is -2.26. The number of aromatic nitrogens is 3. The number of hydrogen-bond acceptors (Lipinski definition) is 7. The van der Waals surface area contributed by atoms with Gasteiger partial charge in [-0.25, -0.2) is 4.68 Å². The fourth-order valence-corrected chi connectivity index (χ4v) is 4.55. The van der Waals surface area contributed by atoms with Gasteiger partial charge < -0.3 is 26.3 Å². The van der Waals surface area contributed by atoms with E-state index in [-0.39, 0.29) is 29.5 Å². The fourth-order valence-electron chi connectivity index (χ4n) is 4.55. The van der Waals surface area contributed by atoms with Crippen LogP contribution in [0.4, 0.5) is 0 Å². The van der Waals surface area contributed by atoms with Gasteiger partial charge in [-0.1, -0.05) is 13.8 Å². The zero-order valence-electron chi connectivity index (χ0n) is 22.3. The number of rotatable bonds is 7. The van der Waals surface area contributed by atoms with Crippen molar-refractivity contribution in [1.29, 1.82) is 5.41 Å². The molecule has 0 spiro atoms. The Morgan fingerprint density at radius 2 is 1.95 bits per heavy atom. The van der Waals surface area contributed by atoms with Gasteiger partial charge in [0.2, 0.25) is 5.69 Å². The van der Waals surface area contributed by atoms with Crippen molar-refractivity contribution in [3.8, 4) is 0 Å². The second-order valence-electron chi connectivity index (χ2n) is 10.8. The first-order valence-electron chi connectivity index (χ1n) is 12.9. The number of allylic oxidation sites excluding steroid dienone is 4. The molecule has 2 aliphatic carbocycles. The number of nitrogens with zero attached hydrogens (tertiary/aromatic N) is 3. The summed E-state index contributed by atoms with van der Waals surface area (Å²) in [7, 11) is 0. The van der Waals surface area contributed by atoms with Crippen molar-refractivity contribution in [3.63, 3.8) is 0 Å². The smallest absolute Gasteiger partial charge is 0.325 e. The zero-order chi connectivity index (χ0) is 27.6.